The van der Waals surface area contributed by atoms with E-state index in [4.69, 9.17) is 10.2 Å². The van der Waals surface area contributed by atoms with E-state index in [1.165, 1.54) is 0 Å². The normalized spacial score (nSPS) is 12.1. The van der Waals surface area contributed by atoms with Crippen LogP contribution in [0.5, 0.6) is 0 Å². The number of urea groups is 1. The van der Waals surface area contributed by atoms with Crippen molar-refractivity contribution in [3.05, 3.63) is 36.7 Å². The molecule has 1 heterocycles. The summed E-state index contributed by atoms with van der Waals surface area (Å²) >= 11 is 0. The third kappa shape index (κ3) is 3.40. The molecule has 1 atom stereocenters. The zero-order chi connectivity index (χ0) is 13.7. The summed E-state index contributed by atoms with van der Waals surface area (Å²) in [7, 11) is 0. The van der Waals surface area contributed by atoms with Crippen LogP contribution in [0, 0.1) is 0 Å². The largest absolute Gasteiger partial charge is 0.394 e. The summed E-state index contributed by atoms with van der Waals surface area (Å²) in [6.45, 7) is -0.394. The molecular formula is C13H15N3O3. The van der Waals surface area contributed by atoms with Gasteiger partial charge in [0.25, 0.3) is 0 Å². The molecule has 0 saturated carbocycles. The summed E-state index contributed by atoms with van der Waals surface area (Å²) < 4.78 is 0. The van der Waals surface area contributed by atoms with Crippen molar-refractivity contribution >= 4 is 22.5 Å². The number of aliphatic hydroxyl groups is 2. The van der Waals surface area contributed by atoms with Gasteiger partial charge in [-0.3, -0.25) is 4.98 Å². The third-order valence-electron chi connectivity index (χ3n) is 2.64. The number of amides is 2. The number of aromatic nitrogens is 1. The smallest absolute Gasteiger partial charge is 0.319 e. The highest BCUT2D eigenvalue weighted by Gasteiger charge is 2.07. The van der Waals surface area contributed by atoms with E-state index < -0.39 is 12.1 Å². The minimum absolute atomic E-state index is 0.00530. The Morgan fingerprint density at radius 1 is 1.37 bits per heavy atom. The van der Waals surface area contributed by atoms with E-state index in [0.29, 0.717) is 5.69 Å². The summed E-state index contributed by atoms with van der Waals surface area (Å²) in [4.78, 5) is 15.7. The van der Waals surface area contributed by atoms with E-state index in [1.54, 1.807) is 18.5 Å². The first-order chi connectivity index (χ1) is 9.20. The Kier molecular flexibility index (Phi) is 4.27. The summed E-state index contributed by atoms with van der Waals surface area (Å²) in [6.07, 6.45) is 2.41. The van der Waals surface area contributed by atoms with Gasteiger partial charge in [-0.25, -0.2) is 4.79 Å². The van der Waals surface area contributed by atoms with Crippen molar-refractivity contribution in [3.8, 4) is 0 Å². The average molecular weight is 261 g/mol. The van der Waals surface area contributed by atoms with Crippen molar-refractivity contribution < 1.29 is 15.0 Å². The fourth-order valence-electron chi connectivity index (χ4n) is 1.67. The highest BCUT2D eigenvalue weighted by atomic mass is 16.3. The molecule has 4 N–H and O–H groups in total. The number of carbonyl (C=O) groups is 1. The predicted molar refractivity (Wildman–Crippen MR) is 71.9 cm³/mol. The number of carbonyl (C=O) groups excluding carboxylic acids is 1. The lowest BCUT2D eigenvalue weighted by Crippen LogP contribution is -2.36. The van der Waals surface area contributed by atoms with Crippen LogP contribution in [0.1, 0.15) is 0 Å². The highest BCUT2D eigenvalue weighted by Crippen LogP contribution is 2.21. The molecule has 0 aliphatic heterocycles. The zero-order valence-corrected chi connectivity index (χ0v) is 10.2. The summed E-state index contributed by atoms with van der Waals surface area (Å²) in [5.74, 6) is 0. The fourth-order valence-corrected chi connectivity index (χ4v) is 1.67. The van der Waals surface area contributed by atoms with Crippen molar-refractivity contribution in [1.29, 1.82) is 0 Å². The molecule has 0 radical (unpaired) electrons. The van der Waals surface area contributed by atoms with Crippen LogP contribution in [0.4, 0.5) is 10.5 Å². The first kappa shape index (κ1) is 13.3. The Hall–Kier alpha value is -2.18. The van der Waals surface area contributed by atoms with Gasteiger partial charge in [-0.2, -0.15) is 0 Å². The van der Waals surface area contributed by atoms with Crippen molar-refractivity contribution in [2.24, 2.45) is 0 Å². The molecule has 2 aromatic rings. The van der Waals surface area contributed by atoms with Crippen LogP contribution in [0.15, 0.2) is 36.7 Å². The number of rotatable bonds is 4. The maximum absolute atomic E-state index is 11.6. The van der Waals surface area contributed by atoms with Crippen LogP contribution in [0.25, 0.3) is 10.8 Å². The van der Waals surface area contributed by atoms with Crippen LogP contribution in [0.2, 0.25) is 0 Å². The van der Waals surface area contributed by atoms with Crippen LogP contribution < -0.4 is 10.6 Å². The van der Waals surface area contributed by atoms with E-state index in [-0.39, 0.29) is 13.2 Å². The maximum Gasteiger partial charge on any atom is 0.319 e. The van der Waals surface area contributed by atoms with Crippen molar-refractivity contribution in [1.82, 2.24) is 10.3 Å². The number of hydrogen-bond donors (Lipinski definition) is 4. The number of anilines is 1. The lowest BCUT2D eigenvalue weighted by molar-refractivity contribution is 0.0965. The lowest BCUT2D eigenvalue weighted by Gasteiger charge is -2.11. The monoisotopic (exact) mass is 261 g/mol. The van der Waals surface area contributed by atoms with Gasteiger partial charge in [-0.1, -0.05) is 12.1 Å². The van der Waals surface area contributed by atoms with E-state index in [1.807, 2.05) is 18.2 Å². The predicted octanol–water partition coefficient (Wildman–Crippen LogP) is 0.709. The number of hydrogen-bond acceptors (Lipinski definition) is 4. The molecule has 2 rings (SSSR count). The molecule has 0 fully saturated rings. The van der Waals surface area contributed by atoms with Gasteiger partial charge in [0.15, 0.2) is 0 Å². The summed E-state index contributed by atoms with van der Waals surface area (Å²) in [5.41, 5.74) is 0.663. The maximum atomic E-state index is 11.6. The van der Waals surface area contributed by atoms with Gasteiger partial charge in [-0.15, -0.1) is 0 Å². The summed E-state index contributed by atoms with van der Waals surface area (Å²) in [6, 6.07) is 6.89. The van der Waals surface area contributed by atoms with Crippen LogP contribution >= 0.6 is 0 Å². The molecule has 0 bridgehead atoms. The quantitative estimate of drug-likeness (QED) is 0.652. The molecule has 0 aliphatic carbocycles. The molecule has 1 aromatic heterocycles. The second-order valence-electron chi connectivity index (χ2n) is 4.07. The van der Waals surface area contributed by atoms with E-state index >= 15 is 0 Å². The van der Waals surface area contributed by atoms with Crippen molar-refractivity contribution in [2.75, 3.05) is 18.5 Å². The second-order valence-corrected chi connectivity index (χ2v) is 4.07. The molecule has 0 aliphatic rings. The second kappa shape index (κ2) is 6.12. The molecule has 0 spiro atoms. The highest BCUT2D eigenvalue weighted by molar-refractivity contribution is 6.01. The van der Waals surface area contributed by atoms with Gasteiger partial charge in [0.1, 0.15) is 0 Å². The SMILES string of the molecule is O=C(NCC(O)CO)Nc1cccc2cnccc12. The molecule has 2 amide bonds. The van der Waals surface area contributed by atoms with Gasteiger partial charge in [-0.05, 0) is 12.1 Å². The van der Waals surface area contributed by atoms with Crippen molar-refractivity contribution in [3.63, 3.8) is 0 Å². The van der Waals surface area contributed by atoms with Gasteiger partial charge < -0.3 is 20.8 Å². The number of nitrogens with one attached hydrogen (secondary N) is 2. The van der Waals surface area contributed by atoms with Gasteiger partial charge >= 0.3 is 6.03 Å². The third-order valence-corrected chi connectivity index (χ3v) is 2.64. The Bertz CT molecular complexity index is 569. The Morgan fingerprint density at radius 3 is 3.00 bits per heavy atom. The van der Waals surface area contributed by atoms with E-state index in [9.17, 15) is 4.79 Å². The molecule has 6 heteroatoms. The van der Waals surface area contributed by atoms with Gasteiger partial charge in [0.05, 0.1) is 18.4 Å². The number of aliphatic hydroxyl groups excluding tert-OH is 2. The first-order valence-corrected chi connectivity index (χ1v) is 5.87. The Labute approximate surface area is 110 Å². The van der Waals surface area contributed by atoms with Gasteiger partial charge in [0, 0.05) is 29.7 Å². The average Bonchev–Trinajstić information content (AvgIpc) is 2.45. The van der Waals surface area contributed by atoms with Crippen LogP contribution in [-0.2, 0) is 0 Å². The number of pyridine rings is 1. The molecule has 1 unspecified atom stereocenters. The molecule has 0 saturated heterocycles. The van der Waals surface area contributed by atoms with Crippen LogP contribution in [-0.4, -0.2) is 40.5 Å². The van der Waals surface area contributed by atoms with Crippen LogP contribution in [0.3, 0.4) is 0 Å². The minimum atomic E-state index is -0.956. The Morgan fingerprint density at radius 2 is 2.21 bits per heavy atom. The molecule has 19 heavy (non-hydrogen) atoms. The standard InChI is InChI=1S/C13H15N3O3/c17-8-10(18)7-15-13(19)16-12-3-1-2-9-6-14-5-4-11(9)12/h1-6,10,17-18H,7-8H2,(H2,15,16,19). The molecule has 6 nitrogen and oxygen atoms in total. The number of fused-ring (bicyclic) bond motifs is 1. The first-order valence-electron chi connectivity index (χ1n) is 5.87. The molecular weight excluding hydrogens is 246 g/mol. The number of nitrogens with zero attached hydrogens (tertiary/aromatic N) is 1. The van der Waals surface area contributed by atoms with Gasteiger partial charge in [0.2, 0.25) is 0 Å². The topological polar surface area (TPSA) is 94.5 Å². The minimum Gasteiger partial charge on any atom is -0.394 e. The lowest BCUT2D eigenvalue weighted by atomic mass is 10.1. The van der Waals surface area contributed by atoms with E-state index in [2.05, 4.69) is 15.6 Å². The molecule has 1 aromatic carbocycles. The van der Waals surface area contributed by atoms with E-state index in [0.717, 1.165) is 10.8 Å². The zero-order valence-electron chi connectivity index (χ0n) is 10.2. The molecule has 100 valence electrons. The fraction of sp³-hybridized carbons (Fsp3) is 0.231. The number of benzene rings is 1. The summed E-state index contributed by atoms with van der Waals surface area (Å²) in [5, 5.41) is 24.8. The Balaban J connectivity index is 2.07. The van der Waals surface area contributed by atoms with Crippen molar-refractivity contribution in [2.45, 2.75) is 6.10 Å².